The van der Waals surface area contributed by atoms with Crippen LogP contribution in [-0.4, -0.2) is 42.2 Å². The molecule has 1 aromatic carbocycles. The third-order valence-corrected chi connectivity index (χ3v) is 5.00. The van der Waals surface area contributed by atoms with Crippen LogP contribution in [0.2, 0.25) is 0 Å². The van der Waals surface area contributed by atoms with Crippen molar-refractivity contribution in [2.24, 2.45) is 0 Å². The average Bonchev–Trinajstić information content (AvgIpc) is 2.96. The second kappa shape index (κ2) is 5.77. The van der Waals surface area contributed by atoms with Crippen molar-refractivity contribution in [2.75, 3.05) is 19.3 Å². The van der Waals surface area contributed by atoms with Crippen LogP contribution < -0.4 is 0 Å². The van der Waals surface area contributed by atoms with E-state index in [1.807, 2.05) is 0 Å². The lowest BCUT2D eigenvalue weighted by Crippen LogP contribution is -2.38. The summed E-state index contributed by atoms with van der Waals surface area (Å²) in [5, 5.41) is 3.87. The van der Waals surface area contributed by atoms with Crippen LogP contribution in [0.1, 0.15) is 24.7 Å². The van der Waals surface area contributed by atoms with Gasteiger partial charge < -0.3 is 4.52 Å². The molecule has 2 heterocycles. The molecule has 118 valence electrons. The van der Waals surface area contributed by atoms with Crippen LogP contribution >= 0.6 is 0 Å². The molecule has 0 radical (unpaired) electrons. The van der Waals surface area contributed by atoms with Gasteiger partial charge in [0.25, 0.3) is 0 Å². The zero-order valence-corrected chi connectivity index (χ0v) is 12.9. The molecule has 0 N–H and O–H groups in total. The molecular formula is C14H16FN3O3S. The van der Waals surface area contributed by atoms with E-state index in [1.165, 1.54) is 22.7 Å². The molecule has 0 saturated carbocycles. The van der Waals surface area contributed by atoms with Crippen LogP contribution in [0.25, 0.3) is 11.4 Å². The second-order valence-corrected chi connectivity index (χ2v) is 7.41. The Morgan fingerprint density at radius 3 is 2.95 bits per heavy atom. The van der Waals surface area contributed by atoms with E-state index in [-0.39, 0.29) is 11.7 Å². The maximum absolute atomic E-state index is 13.2. The Morgan fingerprint density at radius 1 is 1.41 bits per heavy atom. The number of halogens is 1. The van der Waals surface area contributed by atoms with Gasteiger partial charge >= 0.3 is 0 Å². The van der Waals surface area contributed by atoms with Crippen molar-refractivity contribution in [1.29, 1.82) is 0 Å². The normalized spacial score (nSPS) is 20.2. The molecule has 3 rings (SSSR count). The summed E-state index contributed by atoms with van der Waals surface area (Å²) in [4.78, 5) is 4.30. The summed E-state index contributed by atoms with van der Waals surface area (Å²) in [6.07, 6.45) is 2.73. The van der Waals surface area contributed by atoms with Crippen LogP contribution in [0.15, 0.2) is 28.8 Å². The van der Waals surface area contributed by atoms with Gasteiger partial charge in [0.1, 0.15) is 5.82 Å². The number of hydrogen-bond acceptors (Lipinski definition) is 5. The van der Waals surface area contributed by atoms with Crippen molar-refractivity contribution in [3.8, 4) is 11.4 Å². The minimum absolute atomic E-state index is 0.127. The fourth-order valence-corrected chi connectivity index (χ4v) is 3.50. The van der Waals surface area contributed by atoms with Gasteiger partial charge in [-0.25, -0.2) is 17.1 Å². The van der Waals surface area contributed by atoms with Crippen molar-refractivity contribution in [2.45, 2.75) is 18.8 Å². The summed E-state index contributed by atoms with van der Waals surface area (Å²) < 4.78 is 43.2. The second-order valence-electron chi connectivity index (χ2n) is 5.43. The molecule has 8 heteroatoms. The molecular weight excluding hydrogens is 309 g/mol. The van der Waals surface area contributed by atoms with E-state index in [0.29, 0.717) is 30.4 Å². The van der Waals surface area contributed by atoms with Crippen molar-refractivity contribution in [3.63, 3.8) is 0 Å². The van der Waals surface area contributed by atoms with Crippen molar-refractivity contribution < 1.29 is 17.3 Å². The molecule has 1 aliphatic heterocycles. The number of hydrogen-bond donors (Lipinski definition) is 0. The summed E-state index contributed by atoms with van der Waals surface area (Å²) in [7, 11) is -3.22. The minimum atomic E-state index is -3.22. The SMILES string of the molecule is CS(=O)(=O)N1CCCC(c2nc(-c3cccc(F)c3)no2)C1. The largest absolute Gasteiger partial charge is 0.339 e. The fraction of sp³-hybridized carbons (Fsp3) is 0.429. The van der Waals surface area contributed by atoms with Gasteiger partial charge in [-0.1, -0.05) is 17.3 Å². The maximum Gasteiger partial charge on any atom is 0.231 e. The summed E-state index contributed by atoms with van der Waals surface area (Å²) in [6, 6.07) is 5.95. The molecule has 1 unspecified atom stereocenters. The highest BCUT2D eigenvalue weighted by atomic mass is 32.2. The maximum atomic E-state index is 13.2. The lowest BCUT2D eigenvalue weighted by Gasteiger charge is -2.28. The average molecular weight is 325 g/mol. The van der Waals surface area contributed by atoms with Gasteiger partial charge in [0.2, 0.25) is 21.7 Å². The summed E-state index contributed by atoms with van der Waals surface area (Å²) in [5.74, 6) is 0.210. The van der Waals surface area contributed by atoms with Crippen LogP contribution in [0, 0.1) is 5.82 Å². The lowest BCUT2D eigenvalue weighted by atomic mass is 10.00. The molecule has 6 nitrogen and oxygen atoms in total. The molecule has 1 saturated heterocycles. The minimum Gasteiger partial charge on any atom is -0.339 e. The molecule has 1 aliphatic rings. The van der Waals surface area contributed by atoms with Crippen LogP contribution in [0.4, 0.5) is 4.39 Å². The van der Waals surface area contributed by atoms with E-state index in [4.69, 9.17) is 4.52 Å². The summed E-state index contributed by atoms with van der Waals surface area (Å²) in [6.45, 7) is 0.851. The van der Waals surface area contributed by atoms with Gasteiger partial charge in [-0.2, -0.15) is 4.98 Å². The van der Waals surface area contributed by atoms with Crippen LogP contribution in [0.3, 0.4) is 0 Å². The first-order valence-electron chi connectivity index (χ1n) is 6.98. The van der Waals surface area contributed by atoms with Gasteiger partial charge in [0.05, 0.1) is 12.2 Å². The first-order chi connectivity index (χ1) is 10.4. The first-order valence-corrected chi connectivity index (χ1v) is 8.83. The van der Waals surface area contributed by atoms with E-state index < -0.39 is 10.0 Å². The highest BCUT2D eigenvalue weighted by Crippen LogP contribution is 2.28. The molecule has 2 aromatic rings. The van der Waals surface area contributed by atoms with Gasteiger partial charge in [-0.15, -0.1) is 0 Å². The standard InChI is InChI=1S/C14H16FN3O3S/c1-22(19,20)18-7-3-5-11(9-18)14-16-13(17-21-14)10-4-2-6-12(15)8-10/h2,4,6,8,11H,3,5,7,9H2,1H3. The van der Waals surface area contributed by atoms with Crippen molar-refractivity contribution in [3.05, 3.63) is 36.0 Å². The Kier molecular flexibility index (Phi) is 3.96. The first kappa shape index (κ1) is 15.1. The summed E-state index contributed by atoms with van der Waals surface area (Å²) in [5.41, 5.74) is 0.533. The van der Waals surface area contributed by atoms with Crippen molar-refractivity contribution in [1.82, 2.24) is 14.4 Å². The Balaban J connectivity index is 1.82. The predicted molar refractivity (Wildman–Crippen MR) is 78.1 cm³/mol. The van der Waals surface area contributed by atoms with Gasteiger partial charge in [-0.3, -0.25) is 0 Å². The van der Waals surface area contributed by atoms with Gasteiger partial charge in [0, 0.05) is 18.7 Å². The molecule has 0 spiro atoms. The lowest BCUT2D eigenvalue weighted by molar-refractivity contribution is 0.266. The number of rotatable bonds is 3. The highest BCUT2D eigenvalue weighted by molar-refractivity contribution is 7.88. The van der Waals surface area contributed by atoms with Crippen LogP contribution in [0.5, 0.6) is 0 Å². The quantitative estimate of drug-likeness (QED) is 0.863. The molecule has 0 aliphatic carbocycles. The highest BCUT2D eigenvalue weighted by Gasteiger charge is 2.30. The Bertz CT molecular complexity index is 775. The monoisotopic (exact) mass is 325 g/mol. The molecule has 1 atom stereocenters. The Morgan fingerprint density at radius 2 is 2.23 bits per heavy atom. The Labute approximate surface area is 128 Å². The molecule has 1 aromatic heterocycles. The van der Waals surface area contributed by atoms with E-state index >= 15 is 0 Å². The van der Waals surface area contributed by atoms with E-state index in [9.17, 15) is 12.8 Å². The van der Waals surface area contributed by atoms with E-state index in [0.717, 1.165) is 12.8 Å². The molecule has 1 fully saturated rings. The molecule has 0 amide bonds. The zero-order valence-electron chi connectivity index (χ0n) is 12.1. The molecule has 22 heavy (non-hydrogen) atoms. The zero-order chi connectivity index (χ0) is 15.7. The number of sulfonamides is 1. The fourth-order valence-electron chi connectivity index (χ4n) is 2.59. The van der Waals surface area contributed by atoms with Gasteiger partial charge in [0.15, 0.2) is 0 Å². The number of aromatic nitrogens is 2. The van der Waals surface area contributed by atoms with Crippen molar-refractivity contribution >= 4 is 10.0 Å². The number of nitrogens with zero attached hydrogens (tertiary/aromatic N) is 3. The number of piperidine rings is 1. The summed E-state index contributed by atoms with van der Waals surface area (Å²) >= 11 is 0. The van der Waals surface area contributed by atoms with Crippen LogP contribution in [-0.2, 0) is 10.0 Å². The third-order valence-electron chi connectivity index (χ3n) is 3.73. The smallest absolute Gasteiger partial charge is 0.231 e. The Hall–Kier alpha value is -1.80. The molecule has 0 bridgehead atoms. The third kappa shape index (κ3) is 3.17. The van der Waals surface area contributed by atoms with Gasteiger partial charge in [-0.05, 0) is 25.0 Å². The van der Waals surface area contributed by atoms with E-state index in [2.05, 4.69) is 10.1 Å². The predicted octanol–water partition coefficient (Wildman–Crippen LogP) is 2.01. The van der Waals surface area contributed by atoms with E-state index in [1.54, 1.807) is 12.1 Å². The number of benzene rings is 1. The topological polar surface area (TPSA) is 76.3 Å².